The zero-order valence-electron chi connectivity index (χ0n) is 14.5. The molecule has 0 aliphatic carbocycles. The molecule has 3 aromatic carbocycles. The standard InChI is InChI=1S/C22H16N2O2/c1-13-6-8-19-17(10-13)23-21(25-19)15-4-3-5-16(12-15)22-24-18-11-14(2)7-9-20(18)26-22/h3-12H,1-2H3. The second-order valence-electron chi connectivity index (χ2n) is 6.56. The van der Waals surface area contributed by atoms with Gasteiger partial charge in [0, 0.05) is 11.1 Å². The minimum absolute atomic E-state index is 0.597. The molecule has 0 N–H and O–H groups in total. The molecule has 0 radical (unpaired) electrons. The first kappa shape index (κ1) is 14.9. The van der Waals surface area contributed by atoms with Crippen molar-refractivity contribution in [3.05, 3.63) is 71.8 Å². The fourth-order valence-electron chi connectivity index (χ4n) is 3.11. The molecule has 0 aliphatic rings. The molecule has 0 saturated heterocycles. The number of hydrogen-bond donors (Lipinski definition) is 0. The van der Waals surface area contributed by atoms with Gasteiger partial charge in [-0.1, -0.05) is 18.2 Å². The van der Waals surface area contributed by atoms with Crippen molar-refractivity contribution in [2.45, 2.75) is 13.8 Å². The van der Waals surface area contributed by atoms with E-state index in [1.165, 1.54) is 0 Å². The molecule has 0 saturated carbocycles. The second-order valence-corrected chi connectivity index (χ2v) is 6.56. The zero-order chi connectivity index (χ0) is 17.7. The van der Waals surface area contributed by atoms with Gasteiger partial charge in [-0.25, -0.2) is 9.97 Å². The molecule has 2 heterocycles. The van der Waals surface area contributed by atoms with Gasteiger partial charge in [0.2, 0.25) is 11.8 Å². The van der Waals surface area contributed by atoms with E-state index in [2.05, 4.69) is 9.97 Å². The SMILES string of the molecule is Cc1ccc2oc(-c3cccc(-c4nc5cc(C)ccc5o4)c3)nc2c1. The van der Waals surface area contributed by atoms with Gasteiger partial charge < -0.3 is 8.83 Å². The molecule has 126 valence electrons. The summed E-state index contributed by atoms with van der Waals surface area (Å²) in [6.45, 7) is 4.09. The molecule has 0 spiro atoms. The average Bonchev–Trinajstić information content (AvgIpc) is 3.25. The summed E-state index contributed by atoms with van der Waals surface area (Å²) >= 11 is 0. The van der Waals surface area contributed by atoms with E-state index in [9.17, 15) is 0 Å². The van der Waals surface area contributed by atoms with E-state index in [-0.39, 0.29) is 0 Å². The predicted molar refractivity (Wildman–Crippen MR) is 102 cm³/mol. The maximum Gasteiger partial charge on any atom is 0.227 e. The Kier molecular flexibility index (Phi) is 3.19. The predicted octanol–water partition coefficient (Wildman–Crippen LogP) is 5.92. The van der Waals surface area contributed by atoms with Crippen LogP contribution in [0, 0.1) is 13.8 Å². The Morgan fingerprint density at radius 2 is 1.12 bits per heavy atom. The monoisotopic (exact) mass is 340 g/mol. The smallest absolute Gasteiger partial charge is 0.227 e. The Labute approximate surface area is 150 Å². The molecule has 26 heavy (non-hydrogen) atoms. The van der Waals surface area contributed by atoms with Crippen molar-refractivity contribution in [3.63, 3.8) is 0 Å². The van der Waals surface area contributed by atoms with Gasteiger partial charge in [0.05, 0.1) is 0 Å². The molecule has 4 heteroatoms. The molecule has 0 unspecified atom stereocenters. The Balaban J connectivity index is 1.60. The highest BCUT2D eigenvalue weighted by Gasteiger charge is 2.12. The molecule has 0 fully saturated rings. The van der Waals surface area contributed by atoms with Crippen LogP contribution < -0.4 is 0 Å². The number of aryl methyl sites for hydroxylation is 2. The van der Waals surface area contributed by atoms with E-state index in [0.29, 0.717) is 11.8 Å². The minimum atomic E-state index is 0.597. The number of nitrogens with zero attached hydrogens (tertiary/aromatic N) is 2. The van der Waals surface area contributed by atoms with Gasteiger partial charge in [0.1, 0.15) is 11.0 Å². The molecule has 4 nitrogen and oxygen atoms in total. The van der Waals surface area contributed by atoms with Crippen LogP contribution in [-0.2, 0) is 0 Å². The van der Waals surface area contributed by atoms with Crippen molar-refractivity contribution in [3.8, 4) is 22.9 Å². The number of benzene rings is 3. The number of fused-ring (bicyclic) bond motifs is 2. The van der Waals surface area contributed by atoms with Crippen molar-refractivity contribution in [2.75, 3.05) is 0 Å². The summed E-state index contributed by atoms with van der Waals surface area (Å²) in [5, 5.41) is 0. The Hall–Kier alpha value is -3.40. The minimum Gasteiger partial charge on any atom is -0.436 e. The van der Waals surface area contributed by atoms with E-state index < -0.39 is 0 Å². The molecule has 5 rings (SSSR count). The van der Waals surface area contributed by atoms with Crippen LogP contribution in [0.5, 0.6) is 0 Å². The van der Waals surface area contributed by atoms with Crippen LogP contribution in [0.4, 0.5) is 0 Å². The lowest BCUT2D eigenvalue weighted by atomic mass is 10.1. The van der Waals surface area contributed by atoms with E-state index in [1.807, 2.05) is 74.5 Å². The molecule has 5 aromatic rings. The van der Waals surface area contributed by atoms with Gasteiger partial charge in [-0.3, -0.25) is 0 Å². The van der Waals surface area contributed by atoms with Crippen LogP contribution in [0.15, 0.2) is 69.5 Å². The first-order chi connectivity index (χ1) is 12.7. The number of rotatable bonds is 2. The number of aromatic nitrogens is 2. The molecular weight excluding hydrogens is 324 g/mol. The van der Waals surface area contributed by atoms with Crippen LogP contribution in [0.3, 0.4) is 0 Å². The lowest BCUT2D eigenvalue weighted by Gasteiger charge is -1.98. The van der Waals surface area contributed by atoms with Gasteiger partial charge >= 0.3 is 0 Å². The largest absolute Gasteiger partial charge is 0.436 e. The molecule has 2 aromatic heterocycles. The molecule has 0 aliphatic heterocycles. The summed E-state index contributed by atoms with van der Waals surface area (Å²) in [5.41, 5.74) is 7.41. The number of hydrogen-bond acceptors (Lipinski definition) is 4. The van der Waals surface area contributed by atoms with Crippen LogP contribution in [0.1, 0.15) is 11.1 Å². The summed E-state index contributed by atoms with van der Waals surface area (Å²) in [5.74, 6) is 1.19. The maximum absolute atomic E-state index is 5.91. The Morgan fingerprint density at radius 3 is 1.62 bits per heavy atom. The highest BCUT2D eigenvalue weighted by molar-refractivity contribution is 5.79. The quantitative estimate of drug-likeness (QED) is 0.400. The lowest BCUT2D eigenvalue weighted by Crippen LogP contribution is -1.81. The van der Waals surface area contributed by atoms with Gasteiger partial charge in [-0.2, -0.15) is 0 Å². The summed E-state index contributed by atoms with van der Waals surface area (Å²) in [6.07, 6.45) is 0. The lowest BCUT2D eigenvalue weighted by molar-refractivity contribution is 0.617. The van der Waals surface area contributed by atoms with E-state index in [1.54, 1.807) is 0 Å². The topological polar surface area (TPSA) is 52.1 Å². The zero-order valence-corrected chi connectivity index (χ0v) is 14.5. The average molecular weight is 340 g/mol. The van der Waals surface area contributed by atoms with Crippen molar-refractivity contribution < 1.29 is 8.83 Å². The van der Waals surface area contributed by atoms with Crippen molar-refractivity contribution >= 4 is 22.2 Å². The van der Waals surface area contributed by atoms with E-state index in [0.717, 1.165) is 44.5 Å². The third-order valence-electron chi connectivity index (χ3n) is 4.44. The molecule has 0 bridgehead atoms. The van der Waals surface area contributed by atoms with Crippen molar-refractivity contribution in [2.24, 2.45) is 0 Å². The highest BCUT2D eigenvalue weighted by atomic mass is 16.4. The summed E-state index contributed by atoms with van der Waals surface area (Å²) in [6, 6.07) is 19.9. The van der Waals surface area contributed by atoms with Crippen LogP contribution >= 0.6 is 0 Å². The third kappa shape index (κ3) is 2.47. The fourth-order valence-corrected chi connectivity index (χ4v) is 3.11. The van der Waals surface area contributed by atoms with Gasteiger partial charge in [0.25, 0.3) is 0 Å². The third-order valence-corrected chi connectivity index (χ3v) is 4.44. The highest BCUT2D eigenvalue weighted by Crippen LogP contribution is 2.30. The summed E-state index contributed by atoms with van der Waals surface area (Å²) in [4.78, 5) is 9.23. The second kappa shape index (κ2) is 5.56. The fraction of sp³-hybridized carbons (Fsp3) is 0.0909. The molecular formula is C22H16N2O2. The van der Waals surface area contributed by atoms with E-state index >= 15 is 0 Å². The Morgan fingerprint density at radius 1 is 0.615 bits per heavy atom. The first-order valence-electron chi connectivity index (χ1n) is 8.51. The van der Waals surface area contributed by atoms with E-state index in [4.69, 9.17) is 8.83 Å². The number of oxazole rings is 2. The Bertz CT molecular complexity index is 1170. The maximum atomic E-state index is 5.91. The summed E-state index contributed by atoms with van der Waals surface area (Å²) < 4.78 is 11.8. The normalized spacial score (nSPS) is 11.5. The van der Waals surface area contributed by atoms with Crippen LogP contribution in [0.2, 0.25) is 0 Å². The van der Waals surface area contributed by atoms with Crippen molar-refractivity contribution in [1.29, 1.82) is 0 Å². The van der Waals surface area contributed by atoms with Crippen LogP contribution in [-0.4, -0.2) is 9.97 Å². The first-order valence-corrected chi connectivity index (χ1v) is 8.51. The van der Waals surface area contributed by atoms with Gasteiger partial charge in [-0.05, 0) is 67.4 Å². The molecule has 0 amide bonds. The van der Waals surface area contributed by atoms with Crippen molar-refractivity contribution in [1.82, 2.24) is 9.97 Å². The molecule has 0 atom stereocenters. The van der Waals surface area contributed by atoms with Gasteiger partial charge in [-0.15, -0.1) is 0 Å². The summed E-state index contributed by atoms with van der Waals surface area (Å²) in [7, 11) is 0. The van der Waals surface area contributed by atoms with Gasteiger partial charge in [0.15, 0.2) is 11.2 Å². The van der Waals surface area contributed by atoms with Crippen LogP contribution in [0.25, 0.3) is 45.1 Å².